The lowest BCUT2D eigenvalue weighted by molar-refractivity contribution is -0.192. The van der Waals surface area contributed by atoms with Gasteiger partial charge in [0.15, 0.2) is 0 Å². The number of aryl methyl sites for hydroxylation is 1. The molecule has 1 aliphatic heterocycles. The smallest absolute Gasteiger partial charge is 0.475 e. The van der Waals surface area contributed by atoms with Crippen LogP contribution in [0, 0.1) is 5.82 Å². The molecular weight excluding hydrogens is 518 g/mol. The second-order valence-corrected chi connectivity index (χ2v) is 10.1. The average molecular weight is 548 g/mol. The van der Waals surface area contributed by atoms with Gasteiger partial charge in [0.1, 0.15) is 5.82 Å². The maximum Gasteiger partial charge on any atom is 0.490 e. The summed E-state index contributed by atoms with van der Waals surface area (Å²) in [6, 6.07) is 12.5. The van der Waals surface area contributed by atoms with Gasteiger partial charge < -0.3 is 15.3 Å². The highest BCUT2D eigenvalue weighted by molar-refractivity contribution is 7.89. The van der Waals surface area contributed by atoms with Crippen LogP contribution in [0.5, 0.6) is 0 Å². The Morgan fingerprint density at radius 3 is 2.00 bits per heavy atom. The van der Waals surface area contributed by atoms with E-state index in [2.05, 4.69) is 5.32 Å². The Kier molecular flexibility index (Phi) is 11.0. The number of carbonyl (C=O) groups is 2. The van der Waals surface area contributed by atoms with Crippen molar-refractivity contribution in [3.05, 3.63) is 65.5 Å². The summed E-state index contributed by atoms with van der Waals surface area (Å²) < 4.78 is 72.9. The van der Waals surface area contributed by atoms with E-state index in [1.54, 1.807) is 41.3 Å². The van der Waals surface area contributed by atoms with E-state index in [4.69, 9.17) is 9.90 Å². The largest absolute Gasteiger partial charge is 0.490 e. The average Bonchev–Trinajstić information content (AvgIpc) is 2.87. The summed E-state index contributed by atoms with van der Waals surface area (Å²) in [7, 11) is -3.80. The summed E-state index contributed by atoms with van der Waals surface area (Å²) in [5, 5.41) is 10.3. The van der Waals surface area contributed by atoms with Gasteiger partial charge in [0.05, 0.1) is 4.90 Å². The standard InChI is InChI=1S/C22H28FN3O3S.C2HF3O2/c1-2-18-5-9-21(10-6-18)30(28,29)26(17-19-3-7-20(23)8-4-19)14-11-22(27)25-15-12-24-13-16-25;3-2(4,5)1(6)7/h3-10,24H,2,11-17H2,1H3;(H,6,7). The minimum Gasteiger partial charge on any atom is -0.475 e. The SMILES string of the molecule is CCc1ccc(S(=O)(=O)N(CCC(=O)N2CCNCC2)Cc2ccc(F)cc2)cc1.O=C(O)C(F)(F)F. The zero-order valence-corrected chi connectivity index (χ0v) is 21.0. The number of sulfonamides is 1. The van der Waals surface area contributed by atoms with Crippen LogP contribution < -0.4 is 5.32 Å². The van der Waals surface area contributed by atoms with Crippen molar-refractivity contribution >= 4 is 21.9 Å². The van der Waals surface area contributed by atoms with E-state index in [1.807, 2.05) is 6.92 Å². The van der Waals surface area contributed by atoms with E-state index < -0.39 is 22.2 Å². The predicted molar refractivity (Wildman–Crippen MR) is 128 cm³/mol. The zero-order chi connectivity index (χ0) is 27.6. The van der Waals surface area contributed by atoms with E-state index >= 15 is 0 Å². The van der Waals surface area contributed by atoms with Gasteiger partial charge in [-0.05, 0) is 41.8 Å². The van der Waals surface area contributed by atoms with Gasteiger partial charge >= 0.3 is 12.1 Å². The van der Waals surface area contributed by atoms with Crippen LogP contribution in [0.3, 0.4) is 0 Å². The molecule has 1 fully saturated rings. The van der Waals surface area contributed by atoms with Crippen LogP contribution in [0.15, 0.2) is 53.4 Å². The van der Waals surface area contributed by atoms with E-state index in [1.165, 1.54) is 16.4 Å². The topological polar surface area (TPSA) is 107 Å². The molecule has 0 spiro atoms. The summed E-state index contributed by atoms with van der Waals surface area (Å²) in [5.74, 6) is -3.19. The molecule has 2 aromatic carbocycles. The van der Waals surface area contributed by atoms with Crippen LogP contribution in [0.2, 0.25) is 0 Å². The number of carboxylic acid groups (broad SMARTS) is 1. The zero-order valence-electron chi connectivity index (χ0n) is 20.2. The highest BCUT2D eigenvalue weighted by atomic mass is 32.2. The molecular formula is C24H29F4N3O5S. The van der Waals surface area contributed by atoms with Gasteiger partial charge in [0, 0.05) is 45.7 Å². The van der Waals surface area contributed by atoms with Crippen LogP contribution in [0.25, 0.3) is 0 Å². The van der Waals surface area contributed by atoms with Crippen molar-refractivity contribution in [1.82, 2.24) is 14.5 Å². The number of benzene rings is 2. The molecule has 2 N–H and O–H groups in total. The minimum atomic E-state index is -5.08. The Balaban J connectivity index is 0.000000604. The minimum absolute atomic E-state index is 0.0582. The summed E-state index contributed by atoms with van der Waals surface area (Å²) >= 11 is 0. The van der Waals surface area contributed by atoms with Gasteiger partial charge in [-0.15, -0.1) is 0 Å². The molecule has 1 saturated heterocycles. The number of amides is 1. The number of carboxylic acids is 1. The lowest BCUT2D eigenvalue weighted by Crippen LogP contribution is -2.47. The predicted octanol–water partition coefficient (Wildman–Crippen LogP) is 3.03. The van der Waals surface area contributed by atoms with Gasteiger partial charge in [0.2, 0.25) is 15.9 Å². The highest BCUT2D eigenvalue weighted by Crippen LogP contribution is 2.20. The number of piperazine rings is 1. The maximum atomic E-state index is 13.3. The second-order valence-electron chi connectivity index (χ2n) is 8.15. The number of alkyl halides is 3. The number of carbonyl (C=O) groups excluding carboxylic acids is 1. The monoisotopic (exact) mass is 547 g/mol. The molecule has 0 bridgehead atoms. The Morgan fingerprint density at radius 1 is 1.00 bits per heavy atom. The normalized spacial score (nSPS) is 14.2. The molecule has 13 heteroatoms. The maximum absolute atomic E-state index is 13.3. The third kappa shape index (κ3) is 9.41. The van der Waals surface area contributed by atoms with Crippen LogP contribution in [0.1, 0.15) is 24.5 Å². The van der Waals surface area contributed by atoms with Crippen molar-refractivity contribution in [2.45, 2.75) is 37.4 Å². The summed E-state index contributed by atoms with van der Waals surface area (Å²) in [6.07, 6.45) is -4.16. The van der Waals surface area contributed by atoms with E-state index in [9.17, 15) is 30.8 Å². The molecule has 3 rings (SSSR count). The Morgan fingerprint density at radius 2 is 1.51 bits per heavy atom. The van der Waals surface area contributed by atoms with E-state index in [-0.39, 0.29) is 36.1 Å². The quantitative estimate of drug-likeness (QED) is 0.492. The number of rotatable bonds is 8. The first kappa shape index (κ1) is 30.2. The van der Waals surface area contributed by atoms with Crippen LogP contribution in [-0.4, -0.2) is 73.5 Å². The molecule has 2 aromatic rings. The van der Waals surface area contributed by atoms with Crippen molar-refractivity contribution in [2.24, 2.45) is 0 Å². The molecule has 8 nitrogen and oxygen atoms in total. The fraction of sp³-hybridized carbons (Fsp3) is 0.417. The molecule has 1 amide bonds. The molecule has 0 radical (unpaired) electrons. The lowest BCUT2D eigenvalue weighted by Gasteiger charge is -2.29. The first-order valence-electron chi connectivity index (χ1n) is 11.5. The van der Waals surface area contributed by atoms with E-state index in [0.717, 1.165) is 25.1 Å². The number of aliphatic carboxylic acids is 1. The molecule has 0 atom stereocenters. The first-order chi connectivity index (χ1) is 17.3. The van der Waals surface area contributed by atoms with Crippen LogP contribution in [-0.2, 0) is 32.6 Å². The van der Waals surface area contributed by atoms with Gasteiger partial charge in [-0.25, -0.2) is 17.6 Å². The van der Waals surface area contributed by atoms with Crippen LogP contribution in [0.4, 0.5) is 17.6 Å². The number of nitrogens with one attached hydrogen (secondary N) is 1. The van der Waals surface area contributed by atoms with Crippen LogP contribution >= 0.6 is 0 Å². The third-order valence-corrected chi connectivity index (χ3v) is 7.39. The van der Waals surface area contributed by atoms with Gasteiger partial charge in [-0.2, -0.15) is 17.5 Å². The molecule has 37 heavy (non-hydrogen) atoms. The molecule has 204 valence electrons. The van der Waals surface area contributed by atoms with Crippen molar-refractivity contribution in [3.8, 4) is 0 Å². The lowest BCUT2D eigenvalue weighted by atomic mass is 10.2. The Bertz CT molecular complexity index is 1130. The fourth-order valence-corrected chi connectivity index (χ4v) is 4.85. The summed E-state index contributed by atoms with van der Waals surface area (Å²) in [6.45, 7) is 4.89. The van der Waals surface area contributed by atoms with Gasteiger partial charge in [-0.3, -0.25) is 4.79 Å². The fourth-order valence-electron chi connectivity index (χ4n) is 3.42. The Labute approximate surface area is 212 Å². The Hall–Kier alpha value is -3.03. The molecule has 1 aliphatic rings. The van der Waals surface area contributed by atoms with Crippen molar-refractivity contribution in [3.63, 3.8) is 0 Å². The third-order valence-electron chi connectivity index (χ3n) is 5.53. The second kappa shape index (κ2) is 13.5. The number of nitrogens with zero attached hydrogens (tertiary/aromatic N) is 2. The van der Waals surface area contributed by atoms with E-state index in [0.29, 0.717) is 18.7 Å². The molecule has 0 aliphatic carbocycles. The summed E-state index contributed by atoms with van der Waals surface area (Å²) in [4.78, 5) is 23.4. The number of hydrogen-bond acceptors (Lipinski definition) is 5. The van der Waals surface area contributed by atoms with Crippen molar-refractivity contribution in [1.29, 1.82) is 0 Å². The van der Waals surface area contributed by atoms with Gasteiger partial charge in [-0.1, -0.05) is 31.2 Å². The highest BCUT2D eigenvalue weighted by Gasteiger charge is 2.38. The molecule has 0 saturated carbocycles. The van der Waals surface area contributed by atoms with Gasteiger partial charge in [0.25, 0.3) is 0 Å². The van der Waals surface area contributed by atoms with Crippen molar-refractivity contribution < 1.29 is 40.7 Å². The molecule has 0 unspecified atom stereocenters. The number of halogens is 4. The first-order valence-corrected chi connectivity index (χ1v) is 12.9. The number of hydrogen-bond donors (Lipinski definition) is 2. The molecule has 0 aromatic heterocycles. The molecule has 1 heterocycles. The van der Waals surface area contributed by atoms with Crippen molar-refractivity contribution in [2.75, 3.05) is 32.7 Å². The summed E-state index contributed by atoms with van der Waals surface area (Å²) in [5.41, 5.74) is 1.72.